The minimum absolute atomic E-state index is 0.000128. The van der Waals surface area contributed by atoms with Gasteiger partial charge in [-0.25, -0.2) is 4.39 Å². The van der Waals surface area contributed by atoms with Gasteiger partial charge in [0.05, 0.1) is 12.5 Å². The molecule has 1 heterocycles. The Bertz CT molecular complexity index is 1140. The number of aromatic nitrogens is 2. The van der Waals surface area contributed by atoms with Gasteiger partial charge in [0.2, 0.25) is 5.88 Å². The molecular weight excluding hydrogens is 413 g/mol. The highest BCUT2D eigenvalue weighted by molar-refractivity contribution is 5.93. The number of aliphatic carboxylic acids is 1. The largest absolute Gasteiger partial charge is 0.481 e. The maximum atomic E-state index is 14.4. The second-order valence-electron chi connectivity index (χ2n) is 7.88. The highest BCUT2D eigenvalue weighted by atomic mass is 19.1. The SMILES string of the molecule is Cc1ccccc1[C@H](CC(=O)O)NC(=O)c1cc(OC2CCC2)n(-c2ccccc2F)n1. The van der Waals surface area contributed by atoms with Crippen molar-refractivity contribution < 1.29 is 23.8 Å². The molecule has 0 bridgehead atoms. The van der Waals surface area contributed by atoms with E-state index in [4.69, 9.17) is 4.74 Å². The predicted molar refractivity (Wildman–Crippen MR) is 115 cm³/mol. The van der Waals surface area contributed by atoms with Gasteiger partial charge in [0.1, 0.15) is 17.6 Å². The van der Waals surface area contributed by atoms with Crippen LogP contribution in [-0.4, -0.2) is 32.9 Å². The fourth-order valence-electron chi connectivity index (χ4n) is 3.64. The molecule has 3 aromatic rings. The molecule has 0 radical (unpaired) electrons. The molecule has 1 fully saturated rings. The number of aryl methyl sites for hydroxylation is 1. The van der Waals surface area contributed by atoms with E-state index in [1.165, 1.54) is 16.8 Å². The van der Waals surface area contributed by atoms with Gasteiger partial charge in [-0.2, -0.15) is 9.78 Å². The van der Waals surface area contributed by atoms with Crippen LogP contribution >= 0.6 is 0 Å². The Labute approximate surface area is 184 Å². The lowest BCUT2D eigenvalue weighted by atomic mass is 9.96. The summed E-state index contributed by atoms with van der Waals surface area (Å²) in [4.78, 5) is 24.5. The smallest absolute Gasteiger partial charge is 0.305 e. The normalized spacial score (nSPS) is 14.4. The summed E-state index contributed by atoms with van der Waals surface area (Å²) in [6, 6.07) is 14.1. The molecule has 2 aromatic carbocycles. The van der Waals surface area contributed by atoms with E-state index in [9.17, 15) is 19.1 Å². The molecule has 32 heavy (non-hydrogen) atoms. The highest BCUT2D eigenvalue weighted by Gasteiger charge is 2.26. The summed E-state index contributed by atoms with van der Waals surface area (Å²) in [5, 5.41) is 16.4. The van der Waals surface area contributed by atoms with Gasteiger partial charge in [0.25, 0.3) is 5.91 Å². The van der Waals surface area contributed by atoms with Gasteiger partial charge < -0.3 is 15.2 Å². The van der Waals surface area contributed by atoms with Crippen LogP contribution in [-0.2, 0) is 4.79 Å². The zero-order chi connectivity index (χ0) is 22.7. The van der Waals surface area contributed by atoms with Gasteiger partial charge >= 0.3 is 5.97 Å². The summed E-state index contributed by atoms with van der Waals surface area (Å²) >= 11 is 0. The molecule has 8 heteroatoms. The number of para-hydroxylation sites is 1. The van der Waals surface area contributed by atoms with E-state index in [0.29, 0.717) is 5.56 Å². The first-order valence-corrected chi connectivity index (χ1v) is 10.5. The van der Waals surface area contributed by atoms with Gasteiger partial charge in [-0.05, 0) is 49.4 Å². The lowest BCUT2D eigenvalue weighted by Gasteiger charge is -2.26. The second-order valence-corrected chi connectivity index (χ2v) is 7.88. The van der Waals surface area contributed by atoms with Crippen LogP contribution in [0.15, 0.2) is 54.6 Å². The third kappa shape index (κ3) is 4.64. The quantitative estimate of drug-likeness (QED) is 0.551. The van der Waals surface area contributed by atoms with Crippen molar-refractivity contribution in [3.05, 3.63) is 77.2 Å². The van der Waals surface area contributed by atoms with Crippen LogP contribution in [0.1, 0.15) is 53.3 Å². The molecule has 1 aliphatic carbocycles. The number of benzene rings is 2. The molecule has 166 valence electrons. The van der Waals surface area contributed by atoms with E-state index >= 15 is 0 Å². The number of rotatable bonds is 8. The number of hydrogen-bond acceptors (Lipinski definition) is 4. The summed E-state index contributed by atoms with van der Waals surface area (Å²) in [5.74, 6) is -1.82. The number of carboxylic acids is 1. The van der Waals surface area contributed by atoms with Crippen LogP contribution in [0, 0.1) is 12.7 Å². The number of carbonyl (C=O) groups is 2. The van der Waals surface area contributed by atoms with Gasteiger partial charge in [-0.3, -0.25) is 9.59 Å². The Morgan fingerprint density at radius 3 is 2.59 bits per heavy atom. The molecule has 0 spiro atoms. The van der Waals surface area contributed by atoms with E-state index in [1.54, 1.807) is 30.3 Å². The molecule has 7 nitrogen and oxygen atoms in total. The molecule has 2 N–H and O–H groups in total. The Kier molecular flexibility index (Phi) is 6.20. The fraction of sp³-hybridized carbons (Fsp3) is 0.292. The second kappa shape index (κ2) is 9.21. The number of halogens is 1. The minimum Gasteiger partial charge on any atom is -0.481 e. The van der Waals surface area contributed by atoms with Crippen LogP contribution in [0.5, 0.6) is 5.88 Å². The van der Waals surface area contributed by atoms with Crippen LogP contribution < -0.4 is 10.1 Å². The minimum atomic E-state index is -1.04. The van der Waals surface area contributed by atoms with Crippen LogP contribution in [0.25, 0.3) is 5.69 Å². The summed E-state index contributed by atoms with van der Waals surface area (Å²) in [6.07, 6.45) is 2.55. The molecule has 0 unspecified atom stereocenters. The Morgan fingerprint density at radius 1 is 1.22 bits per heavy atom. The standard InChI is InChI=1S/C24H24FN3O4/c1-15-7-2-3-10-17(15)19(14-23(29)30)26-24(31)20-13-22(32-16-8-6-9-16)28(27-20)21-12-5-4-11-18(21)25/h2-5,7,10-13,16,19H,6,8-9,14H2,1H3,(H,26,31)(H,29,30)/t19-/m0/s1. The average molecular weight is 437 g/mol. The lowest BCUT2D eigenvalue weighted by molar-refractivity contribution is -0.137. The van der Waals surface area contributed by atoms with Crippen LogP contribution in [0.4, 0.5) is 4.39 Å². The van der Waals surface area contributed by atoms with Gasteiger partial charge in [0, 0.05) is 6.07 Å². The zero-order valence-electron chi connectivity index (χ0n) is 17.6. The number of hydrogen-bond donors (Lipinski definition) is 2. The molecule has 4 rings (SSSR count). The molecule has 1 saturated carbocycles. The van der Waals surface area contributed by atoms with Gasteiger partial charge in [-0.15, -0.1) is 0 Å². The van der Waals surface area contributed by atoms with Crippen LogP contribution in [0.2, 0.25) is 0 Å². The summed E-state index contributed by atoms with van der Waals surface area (Å²) < 4.78 is 21.7. The van der Waals surface area contributed by atoms with Crippen molar-refractivity contribution in [1.29, 1.82) is 0 Å². The number of nitrogens with one attached hydrogen (secondary N) is 1. The van der Waals surface area contributed by atoms with Crippen LogP contribution in [0.3, 0.4) is 0 Å². The fourth-order valence-corrected chi connectivity index (χ4v) is 3.64. The molecule has 1 aromatic heterocycles. The Balaban J connectivity index is 1.65. The average Bonchev–Trinajstić information content (AvgIpc) is 3.14. The van der Waals surface area contributed by atoms with Crippen molar-refractivity contribution in [2.45, 2.75) is 44.8 Å². The molecule has 0 saturated heterocycles. The Morgan fingerprint density at radius 2 is 1.94 bits per heavy atom. The van der Waals surface area contributed by atoms with Gasteiger partial charge in [-0.1, -0.05) is 36.4 Å². The maximum absolute atomic E-state index is 14.4. The van der Waals surface area contributed by atoms with E-state index in [1.807, 2.05) is 19.1 Å². The zero-order valence-corrected chi connectivity index (χ0v) is 17.6. The van der Waals surface area contributed by atoms with Crippen molar-refractivity contribution in [1.82, 2.24) is 15.1 Å². The summed E-state index contributed by atoms with van der Waals surface area (Å²) in [6.45, 7) is 1.85. The lowest BCUT2D eigenvalue weighted by Crippen LogP contribution is -2.31. The van der Waals surface area contributed by atoms with Crippen molar-refractivity contribution in [2.24, 2.45) is 0 Å². The summed E-state index contributed by atoms with van der Waals surface area (Å²) in [7, 11) is 0. The third-order valence-corrected chi connectivity index (χ3v) is 5.58. The van der Waals surface area contributed by atoms with E-state index in [-0.39, 0.29) is 29.8 Å². The first-order chi connectivity index (χ1) is 15.4. The maximum Gasteiger partial charge on any atom is 0.305 e. The van der Waals surface area contributed by atoms with Crippen molar-refractivity contribution in [3.63, 3.8) is 0 Å². The Hall–Kier alpha value is -3.68. The topological polar surface area (TPSA) is 93.5 Å². The highest BCUT2D eigenvalue weighted by Crippen LogP contribution is 2.29. The number of carboxylic acid groups (broad SMARTS) is 1. The van der Waals surface area contributed by atoms with Crippen molar-refractivity contribution >= 4 is 11.9 Å². The number of amides is 1. The molecule has 1 aliphatic rings. The predicted octanol–water partition coefficient (Wildman–Crippen LogP) is 4.20. The molecule has 1 amide bonds. The van der Waals surface area contributed by atoms with E-state index < -0.39 is 23.7 Å². The first kappa shape index (κ1) is 21.5. The number of carbonyl (C=O) groups excluding carboxylic acids is 1. The number of nitrogens with zero attached hydrogens (tertiary/aromatic N) is 2. The van der Waals surface area contributed by atoms with Gasteiger partial charge in [0.15, 0.2) is 5.69 Å². The monoisotopic (exact) mass is 437 g/mol. The molecule has 1 atom stereocenters. The molecular formula is C24H24FN3O4. The van der Waals surface area contributed by atoms with E-state index in [0.717, 1.165) is 24.8 Å². The number of ether oxygens (including phenoxy) is 1. The summed E-state index contributed by atoms with van der Waals surface area (Å²) in [5.41, 5.74) is 1.76. The third-order valence-electron chi connectivity index (χ3n) is 5.58. The molecule has 0 aliphatic heterocycles. The van der Waals surface area contributed by atoms with Crippen molar-refractivity contribution in [2.75, 3.05) is 0 Å². The van der Waals surface area contributed by atoms with Crippen molar-refractivity contribution in [3.8, 4) is 11.6 Å². The van der Waals surface area contributed by atoms with E-state index in [2.05, 4.69) is 10.4 Å². The first-order valence-electron chi connectivity index (χ1n) is 10.5.